The fourth-order valence-corrected chi connectivity index (χ4v) is 1.76. The van der Waals surface area contributed by atoms with Gasteiger partial charge in [-0.3, -0.25) is 5.10 Å². The summed E-state index contributed by atoms with van der Waals surface area (Å²) in [7, 11) is 0. The van der Waals surface area contributed by atoms with E-state index in [0.29, 0.717) is 5.15 Å². The second-order valence-electron chi connectivity index (χ2n) is 2.47. The molecule has 0 amide bonds. The highest BCUT2D eigenvalue weighted by molar-refractivity contribution is 9.10. The first-order valence-electron chi connectivity index (χ1n) is 3.35. The van der Waals surface area contributed by atoms with Crippen molar-refractivity contribution < 1.29 is 0 Å². The lowest BCUT2D eigenvalue weighted by molar-refractivity contribution is 1.07. The zero-order chi connectivity index (χ0) is 8.72. The SMILES string of the molecule is Cc1[nH]nc2c(Br)cnc(Cl)c12. The zero-order valence-electron chi connectivity index (χ0n) is 6.23. The van der Waals surface area contributed by atoms with E-state index in [-0.39, 0.29) is 0 Å². The molecule has 2 aromatic heterocycles. The highest BCUT2D eigenvalue weighted by atomic mass is 79.9. The van der Waals surface area contributed by atoms with Crippen molar-refractivity contribution in [2.24, 2.45) is 0 Å². The van der Waals surface area contributed by atoms with E-state index in [2.05, 4.69) is 31.1 Å². The molecule has 0 fully saturated rings. The Hall–Kier alpha value is -0.610. The number of aryl methyl sites for hydroxylation is 1. The summed E-state index contributed by atoms with van der Waals surface area (Å²) in [6.45, 7) is 1.91. The van der Waals surface area contributed by atoms with E-state index in [1.807, 2.05) is 6.92 Å². The normalized spacial score (nSPS) is 10.9. The standard InChI is InChI=1S/C7H5BrClN3/c1-3-5-6(12-11-3)4(8)2-10-7(5)9/h2H,1H3,(H,11,12). The highest BCUT2D eigenvalue weighted by Gasteiger charge is 2.09. The molecule has 0 atom stereocenters. The lowest BCUT2D eigenvalue weighted by Crippen LogP contribution is -1.79. The average molecular weight is 246 g/mol. The first kappa shape index (κ1) is 8.01. The summed E-state index contributed by atoms with van der Waals surface area (Å²) < 4.78 is 0.853. The molecule has 0 spiro atoms. The van der Waals surface area contributed by atoms with E-state index < -0.39 is 0 Å². The Kier molecular flexibility index (Phi) is 1.81. The van der Waals surface area contributed by atoms with Gasteiger partial charge in [-0.2, -0.15) is 5.10 Å². The van der Waals surface area contributed by atoms with E-state index in [4.69, 9.17) is 11.6 Å². The number of pyridine rings is 1. The maximum Gasteiger partial charge on any atom is 0.140 e. The number of hydrogen-bond donors (Lipinski definition) is 1. The predicted molar refractivity (Wildman–Crippen MR) is 51.3 cm³/mol. The van der Waals surface area contributed by atoms with Crippen molar-refractivity contribution in [2.75, 3.05) is 0 Å². The predicted octanol–water partition coefficient (Wildman–Crippen LogP) is 2.68. The van der Waals surface area contributed by atoms with Crippen LogP contribution in [0.25, 0.3) is 10.9 Å². The van der Waals surface area contributed by atoms with Crippen LogP contribution in [-0.4, -0.2) is 15.2 Å². The molecule has 0 aliphatic rings. The lowest BCUT2D eigenvalue weighted by atomic mass is 10.3. The summed E-state index contributed by atoms with van der Waals surface area (Å²) in [5, 5.41) is 8.30. The maximum absolute atomic E-state index is 5.88. The molecule has 0 radical (unpaired) electrons. The number of nitrogens with zero attached hydrogens (tertiary/aromatic N) is 2. The molecule has 0 saturated carbocycles. The molecule has 0 unspecified atom stereocenters. The van der Waals surface area contributed by atoms with Gasteiger partial charge < -0.3 is 0 Å². The summed E-state index contributed by atoms with van der Waals surface area (Å²) >= 11 is 9.22. The van der Waals surface area contributed by atoms with Crippen molar-refractivity contribution in [3.05, 3.63) is 21.5 Å². The van der Waals surface area contributed by atoms with Gasteiger partial charge in [0.15, 0.2) is 0 Å². The van der Waals surface area contributed by atoms with Gasteiger partial charge in [0, 0.05) is 11.9 Å². The van der Waals surface area contributed by atoms with Crippen molar-refractivity contribution in [2.45, 2.75) is 6.92 Å². The summed E-state index contributed by atoms with van der Waals surface area (Å²) in [6, 6.07) is 0. The van der Waals surface area contributed by atoms with Crippen LogP contribution in [0.1, 0.15) is 5.69 Å². The number of fused-ring (bicyclic) bond motifs is 1. The van der Waals surface area contributed by atoms with Gasteiger partial charge in [0.25, 0.3) is 0 Å². The molecular formula is C7H5BrClN3. The van der Waals surface area contributed by atoms with Crippen molar-refractivity contribution in [3.63, 3.8) is 0 Å². The van der Waals surface area contributed by atoms with Gasteiger partial charge in [0.1, 0.15) is 10.7 Å². The quantitative estimate of drug-likeness (QED) is 0.726. The molecule has 0 saturated heterocycles. The topological polar surface area (TPSA) is 41.6 Å². The Morgan fingerprint density at radius 1 is 1.58 bits per heavy atom. The molecule has 2 rings (SSSR count). The fraction of sp³-hybridized carbons (Fsp3) is 0.143. The van der Waals surface area contributed by atoms with Gasteiger partial charge in [-0.05, 0) is 22.9 Å². The molecule has 12 heavy (non-hydrogen) atoms. The van der Waals surface area contributed by atoms with Gasteiger partial charge in [-0.25, -0.2) is 4.98 Å². The second kappa shape index (κ2) is 2.71. The Morgan fingerprint density at radius 2 is 2.33 bits per heavy atom. The van der Waals surface area contributed by atoms with Gasteiger partial charge in [0.2, 0.25) is 0 Å². The van der Waals surface area contributed by atoms with Crippen LogP contribution in [0, 0.1) is 6.92 Å². The molecule has 1 N–H and O–H groups in total. The molecule has 3 nitrogen and oxygen atoms in total. The van der Waals surface area contributed by atoms with Gasteiger partial charge >= 0.3 is 0 Å². The van der Waals surface area contributed by atoms with Crippen molar-refractivity contribution >= 4 is 38.4 Å². The average Bonchev–Trinajstić information content (AvgIpc) is 2.42. The lowest BCUT2D eigenvalue weighted by Gasteiger charge is -1.94. The molecule has 0 aliphatic carbocycles. The molecule has 0 bridgehead atoms. The van der Waals surface area contributed by atoms with E-state index in [1.165, 1.54) is 0 Å². The first-order chi connectivity index (χ1) is 5.70. The van der Waals surface area contributed by atoms with Crippen LogP contribution in [0.2, 0.25) is 5.15 Å². The van der Waals surface area contributed by atoms with Crippen molar-refractivity contribution in [3.8, 4) is 0 Å². The minimum atomic E-state index is 0.486. The summed E-state index contributed by atoms with van der Waals surface area (Å²) in [5.41, 5.74) is 1.76. The molecular weight excluding hydrogens is 241 g/mol. The third-order valence-electron chi connectivity index (χ3n) is 1.67. The number of rotatable bonds is 0. The summed E-state index contributed by atoms with van der Waals surface area (Å²) in [5.74, 6) is 0. The van der Waals surface area contributed by atoms with Crippen LogP contribution in [0.3, 0.4) is 0 Å². The number of aromatic nitrogens is 3. The highest BCUT2D eigenvalue weighted by Crippen LogP contribution is 2.27. The number of aromatic amines is 1. The van der Waals surface area contributed by atoms with Crippen molar-refractivity contribution in [1.82, 2.24) is 15.2 Å². The minimum absolute atomic E-state index is 0.486. The van der Waals surface area contributed by atoms with E-state index in [1.54, 1.807) is 6.20 Å². The monoisotopic (exact) mass is 245 g/mol. The van der Waals surface area contributed by atoms with E-state index >= 15 is 0 Å². The van der Waals surface area contributed by atoms with E-state index in [0.717, 1.165) is 21.1 Å². The van der Waals surface area contributed by atoms with Crippen molar-refractivity contribution in [1.29, 1.82) is 0 Å². The largest absolute Gasteiger partial charge is 0.281 e. The third-order valence-corrected chi connectivity index (χ3v) is 2.54. The number of H-pyrrole nitrogens is 1. The van der Waals surface area contributed by atoms with Gasteiger partial charge in [0.05, 0.1) is 9.86 Å². The number of nitrogens with one attached hydrogen (secondary N) is 1. The zero-order valence-corrected chi connectivity index (χ0v) is 8.57. The first-order valence-corrected chi connectivity index (χ1v) is 4.52. The number of halogens is 2. The van der Waals surface area contributed by atoms with E-state index in [9.17, 15) is 0 Å². The third kappa shape index (κ3) is 1.03. The van der Waals surface area contributed by atoms with Gasteiger partial charge in [-0.1, -0.05) is 11.6 Å². The van der Waals surface area contributed by atoms with Crippen LogP contribution >= 0.6 is 27.5 Å². The Bertz CT molecular complexity index is 437. The van der Waals surface area contributed by atoms with Crippen LogP contribution in [0.4, 0.5) is 0 Å². The number of hydrogen-bond acceptors (Lipinski definition) is 2. The Labute approximate surface area is 82.3 Å². The van der Waals surface area contributed by atoms with Crippen LogP contribution in [-0.2, 0) is 0 Å². The van der Waals surface area contributed by atoms with Crippen LogP contribution < -0.4 is 0 Å². The Morgan fingerprint density at radius 3 is 3.00 bits per heavy atom. The second-order valence-corrected chi connectivity index (χ2v) is 3.68. The molecule has 2 aromatic rings. The fourth-order valence-electron chi connectivity index (χ4n) is 1.09. The summed E-state index contributed by atoms with van der Waals surface area (Å²) in [6.07, 6.45) is 1.64. The van der Waals surface area contributed by atoms with Crippen LogP contribution in [0.15, 0.2) is 10.7 Å². The molecule has 2 heterocycles. The molecule has 0 aliphatic heterocycles. The molecule has 0 aromatic carbocycles. The Balaban J connectivity index is 2.98. The smallest absolute Gasteiger partial charge is 0.140 e. The maximum atomic E-state index is 5.88. The minimum Gasteiger partial charge on any atom is -0.281 e. The van der Waals surface area contributed by atoms with Gasteiger partial charge in [-0.15, -0.1) is 0 Å². The summed E-state index contributed by atoms with van der Waals surface area (Å²) in [4.78, 5) is 4.00. The molecule has 5 heteroatoms. The van der Waals surface area contributed by atoms with Crippen LogP contribution in [0.5, 0.6) is 0 Å². The molecule has 62 valence electrons.